The topological polar surface area (TPSA) is 170 Å². The SMILES string of the molecule is CC.CCCCCC(=O)NCCOCCOCCOCCn1cc(CCC2(CC(=O)C(C)(C)C)N=N2)nn1.CNCCNC=O. The molecule has 45 heavy (non-hydrogen) atoms. The summed E-state index contributed by atoms with van der Waals surface area (Å²) in [7, 11) is 1.84. The first-order valence-corrected chi connectivity index (χ1v) is 16.3. The summed E-state index contributed by atoms with van der Waals surface area (Å²) in [6.45, 7) is 17.5. The molecule has 3 N–H and O–H groups in total. The molecule has 260 valence electrons. The van der Waals surface area contributed by atoms with Gasteiger partial charge in [-0.05, 0) is 19.9 Å². The number of Topliss-reactive ketones (excluding diaryl/α,β-unsaturated/α-hetero) is 1. The molecule has 1 aromatic heterocycles. The van der Waals surface area contributed by atoms with Crippen LogP contribution in [0, 0.1) is 5.41 Å². The number of carbonyl (C=O) groups is 3. The number of hydrogen-bond donors (Lipinski definition) is 3. The van der Waals surface area contributed by atoms with Crippen molar-refractivity contribution < 1.29 is 28.6 Å². The maximum Gasteiger partial charge on any atom is 0.220 e. The van der Waals surface area contributed by atoms with E-state index in [0.717, 1.165) is 31.5 Å². The Morgan fingerprint density at radius 3 is 2.18 bits per heavy atom. The number of aromatic nitrogens is 3. The highest BCUT2D eigenvalue weighted by molar-refractivity contribution is 5.84. The Bertz CT molecular complexity index is 929. The van der Waals surface area contributed by atoms with Gasteiger partial charge in [-0.25, -0.2) is 4.68 Å². The molecule has 0 saturated heterocycles. The minimum atomic E-state index is -0.563. The molecule has 1 aliphatic rings. The van der Waals surface area contributed by atoms with E-state index in [0.29, 0.717) is 91.4 Å². The summed E-state index contributed by atoms with van der Waals surface area (Å²) < 4.78 is 18.3. The van der Waals surface area contributed by atoms with Crippen molar-refractivity contribution in [3.63, 3.8) is 0 Å². The van der Waals surface area contributed by atoms with E-state index in [1.54, 1.807) is 4.68 Å². The van der Waals surface area contributed by atoms with Crippen LogP contribution >= 0.6 is 0 Å². The highest BCUT2D eigenvalue weighted by Gasteiger charge is 2.43. The maximum absolute atomic E-state index is 12.3. The van der Waals surface area contributed by atoms with Gasteiger partial charge in [0.2, 0.25) is 12.3 Å². The zero-order chi connectivity index (χ0) is 33.8. The predicted octanol–water partition coefficient (Wildman–Crippen LogP) is 3.10. The molecule has 14 nitrogen and oxygen atoms in total. The number of ether oxygens (including phenoxy) is 3. The second-order valence-corrected chi connectivity index (χ2v) is 11.3. The summed E-state index contributed by atoms with van der Waals surface area (Å²) in [5, 5.41) is 24.8. The largest absolute Gasteiger partial charge is 0.377 e. The van der Waals surface area contributed by atoms with E-state index in [-0.39, 0.29) is 17.1 Å². The summed E-state index contributed by atoms with van der Waals surface area (Å²) >= 11 is 0. The third kappa shape index (κ3) is 23.2. The number of hydrogen-bond acceptors (Lipinski definition) is 11. The number of amides is 2. The van der Waals surface area contributed by atoms with Gasteiger partial charge in [0.15, 0.2) is 5.66 Å². The van der Waals surface area contributed by atoms with Gasteiger partial charge in [0.1, 0.15) is 5.78 Å². The van der Waals surface area contributed by atoms with Crippen LogP contribution in [0.4, 0.5) is 0 Å². The molecule has 0 radical (unpaired) electrons. The standard InChI is InChI=1S/C25H44N6O5.C4H10N2O.C2H6/c1-5-6-7-8-23(33)26-11-13-34-15-17-36-18-16-35-14-12-31-20-21(27-30-31)9-10-25(28-29-25)19-22(32)24(2,3)4;1-5-2-3-6-4-7;1-2/h20H,5-19H2,1-4H3,(H,26,33);4-5H,2-3H2,1H3,(H,6,7);1-2H3. The van der Waals surface area contributed by atoms with Crippen molar-refractivity contribution >= 4 is 18.1 Å². The number of nitrogens with one attached hydrogen (secondary N) is 3. The lowest BCUT2D eigenvalue weighted by atomic mass is 9.85. The molecule has 0 unspecified atom stereocenters. The van der Waals surface area contributed by atoms with Gasteiger partial charge < -0.3 is 30.2 Å². The molecule has 0 spiro atoms. The molecule has 0 bridgehead atoms. The van der Waals surface area contributed by atoms with Crippen molar-refractivity contribution in [3.8, 4) is 0 Å². The van der Waals surface area contributed by atoms with Crippen molar-refractivity contribution in [2.75, 3.05) is 66.3 Å². The Labute approximate surface area is 270 Å². The van der Waals surface area contributed by atoms with Gasteiger partial charge in [0.25, 0.3) is 0 Å². The lowest BCUT2D eigenvalue weighted by Crippen LogP contribution is -2.27. The highest BCUT2D eigenvalue weighted by atomic mass is 16.5. The fraction of sp³-hybridized carbons (Fsp3) is 0.839. The monoisotopic (exact) mass is 640 g/mol. The van der Waals surface area contributed by atoms with Crippen LogP contribution in [0.15, 0.2) is 16.4 Å². The second-order valence-electron chi connectivity index (χ2n) is 11.3. The molecule has 2 amide bonds. The van der Waals surface area contributed by atoms with Crippen molar-refractivity contribution in [2.45, 2.75) is 98.7 Å². The van der Waals surface area contributed by atoms with Gasteiger partial charge in [0, 0.05) is 44.1 Å². The Hall–Kier alpha value is -2.81. The highest BCUT2D eigenvalue weighted by Crippen LogP contribution is 2.39. The molecule has 0 fully saturated rings. The van der Waals surface area contributed by atoms with Crippen LogP contribution in [0.25, 0.3) is 0 Å². The van der Waals surface area contributed by atoms with Crippen LogP contribution in [0.3, 0.4) is 0 Å². The Morgan fingerprint density at radius 1 is 0.956 bits per heavy atom. The van der Waals surface area contributed by atoms with E-state index in [2.05, 4.69) is 43.4 Å². The van der Waals surface area contributed by atoms with E-state index < -0.39 is 5.66 Å². The second kappa shape index (κ2) is 26.4. The zero-order valence-corrected chi connectivity index (χ0v) is 28.9. The first-order valence-electron chi connectivity index (χ1n) is 16.3. The number of carbonyl (C=O) groups excluding carboxylic acids is 3. The van der Waals surface area contributed by atoms with E-state index in [9.17, 15) is 14.4 Å². The zero-order valence-electron chi connectivity index (χ0n) is 28.9. The average molecular weight is 641 g/mol. The van der Waals surface area contributed by atoms with E-state index in [1.807, 2.05) is 47.9 Å². The van der Waals surface area contributed by atoms with Crippen molar-refractivity contribution in [2.24, 2.45) is 15.6 Å². The summed E-state index contributed by atoms with van der Waals surface area (Å²) in [4.78, 5) is 33.4. The van der Waals surface area contributed by atoms with Gasteiger partial charge in [-0.1, -0.05) is 59.6 Å². The summed E-state index contributed by atoms with van der Waals surface area (Å²) in [5.74, 6) is 0.258. The molecule has 2 heterocycles. The van der Waals surface area contributed by atoms with Crippen molar-refractivity contribution in [1.82, 2.24) is 30.9 Å². The fourth-order valence-corrected chi connectivity index (χ4v) is 3.59. The quantitative estimate of drug-likeness (QED) is 0.107. The third-order valence-electron chi connectivity index (χ3n) is 6.42. The molecular weight excluding hydrogens is 580 g/mol. The first-order chi connectivity index (χ1) is 21.7. The van der Waals surface area contributed by atoms with Gasteiger partial charge in [-0.3, -0.25) is 14.4 Å². The molecule has 0 aromatic carbocycles. The molecule has 1 aliphatic heterocycles. The van der Waals surface area contributed by atoms with Gasteiger partial charge in [-0.15, -0.1) is 5.10 Å². The Kier molecular flexibility index (Phi) is 24.8. The number of unbranched alkanes of at least 4 members (excludes halogenated alkanes) is 2. The van der Waals surface area contributed by atoms with Crippen LogP contribution in [0.1, 0.15) is 85.8 Å². The van der Waals surface area contributed by atoms with Crippen molar-refractivity contribution in [3.05, 3.63) is 11.9 Å². The van der Waals surface area contributed by atoms with E-state index in [4.69, 9.17) is 14.2 Å². The molecule has 0 atom stereocenters. The minimum absolute atomic E-state index is 0.0883. The normalized spacial score (nSPS) is 12.8. The number of likely N-dealkylation sites (N-methyl/N-ethyl adjacent to an activating group) is 1. The van der Waals surface area contributed by atoms with Crippen molar-refractivity contribution in [1.29, 1.82) is 0 Å². The van der Waals surface area contributed by atoms with Gasteiger partial charge in [-0.2, -0.15) is 10.2 Å². The predicted molar refractivity (Wildman–Crippen MR) is 174 cm³/mol. The molecule has 2 rings (SSSR count). The summed E-state index contributed by atoms with van der Waals surface area (Å²) in [5.41, 5.74) is -0.0866. The third-order valence-corrected chi connectivity index (χ3v) is 6.42. The molecule has 0 aliphatic carbocycles. The number of ketones is 1. The number of aryl methyl sites for hydroxylation is 1. The van der Waals surface area contributed by atoms with Crippen LogP contribution < -0.4 is 16.0 Å². The number of nitrogens with zero attached hydrogens (tertiary/aromatic N) is 5. The molecule has 1 aromatic rings. The first kappa shape index (κ1) is 42.2. The lowest BCUT2D eigenvalue weighted by molar-refractivity contribution is -0.127. The maximum atomic E-state index is 12.3. The van der Waals surface area contributed by atoms with Crippen LogP contribution in [-0.2, 0) is 41.6 Å². The van der Waals surface area contributed by atoms with Crippen LogP contribution in [0.2, 0.25) is 0 Å². The Morgan fingerprint density at radius 2 is 1.60 bits per heavy atom. The molecule has 0 saturated carbocycles. The molecule has 14 heteroatoms. The lowest BCUT2D eigenvalue weighted by Gasteiger charge is -2.18. The van der Waals surface area contributed by atoms with Crippen LogP contribution in [0.5, 0.6) is 0 Å². The van der Waals surface area contributed by atoms with Crippen LogP contribution in [-0.4, -0.2) is 105 Å². The summed E-state index contributed by atoms with van der Waals surface area (Å²) in [6.07, 6.45) is 8.01. The van der Waals surface area contributed by atoms with Gasteiger partial charge >= 0.3 is 0 Å². The van der Waals surface area contributed by atoms with Gasteiger partial charge in [0.05, 0.1) is 58.3 Å². The summed E-state index contributed by atoms with van der Waals surface area (Å²) in [6, 6.07) is 0. The minimum Gasteiger partial charge on any atom is -0.377 e. The number of rotatable bonds is 25. The fourth-order valence-electron chi connectivity index (χ4n) is 3.59. The Balaban J connectivity index is 0.00000189. The smallest absolute Gasteiger partial charge is 0.220 e. The average Bonchev–Trinajstić information content (AvgIpc) is 3.63. The van der Waals surface area contributed by atoms with E-state index in [1.165, 1.54) is 0 Å². The van der Waals surface area contributed by atoms with E-state index >= 15 is 0 Å². The molecular formula is C31H60N8O6.